The second-order valence-corrected chi connectivity index (χ2v) is 13.8. The van der Waals surface area contributed by atoms with Gasteiger partial charge in [0.05, 0.1) is 0 Å². The molecule has 0 N–H and O–H groups in total. The van der Waals surface area contributed by atoms with Crippen LogP contribution < -0.4 is 0 Å². The Kier molecular flexibility index (Phi) is 12.3. The molecule has 1 unspecified atom stereocenters. The summed E-state index contributed by atoms with van der Waals surface area (Å²) < 4.78 is 51.0. The van der Waals surface area contributed by atoms with E-state index < -0.39 is 20.6 Å². The standard InChI is InChI=1S/C12H9FN2O2.C12H12FNO3.C4H9NSi/c1-14-12(16-2)10-7-17-11(15-10)8-3-5-9(13)6-4-8;1-15-12(16-2)10-7-17-11(14-10)8-3-5-9(13)6-4-8;1-6(2,3)4-5/h3-7,12H,2H3;3-7,12H,1-2H3;1-3H3. The molecule has 12 heteroatoms. The van der Waals surface area contributed by atoms with Gasteiger partial charge >= 0.3 is 6.23 Å². The lowest BCUT2D eigenvalue weighted by Crippen LogP contribution is -2.15. The fraction of sp³-hybridized carbons (Fsp3) is 0.286. The molecule has 4 rings (SSSR count). The molecule has 0 bridgehead atoms. The number of rotatable bonds is 7. The second-order valence-electron chi connectivity index (χ2n) is 9.05. The molecule has 2 aromatic heterocycles. The van der Waals surface area contributed by atoms with Gasteiger partial charge in [-0.25, -0.2) is 30.6 Å². The molecule has 2 heterocycles. The van der Waals surface area contributed by atoms with Crippen molar-refractivity contribution < 1.29 is 31.8 Å². The van der Waals surface area contributed by atoms with E-state index in [0.717, 1.165) is 0 Å². The third-order valence-corrected chi connectivity index (χ3v) is 5.50. The van der Waals surface area contributed by atoms with Gasteiger partial charge in [-0.1, -0.05) is 19.6 Å². The largest absolute Gasteiger partial charge is 0.444 e. The highest BCUT2D eigenvalue weighted by Gasteiger charge is 2.20. The van der Waals surface area contributed by atoms with Crippen LogP contribution in [-0.2, 0) is 14.2 Å². The van der Waals surface area contributed by atoms with Gasteiger partial charge in [-0.2, -0.15) is 0 Å². The highest BCUT2D eigenvalue weighted by atomic mass is 28.3. The van der Waals surface area contributed by atoms with E-state index in [1.165, 1.54) is 58.1 Å². The zero-order valence-electron chi connectivity index (χ0n) is 23.0. The molecule has 0 amide bonds. The number of nitriles is 1. The summed E-state index contributed by atoms with van der Waals surface area (Å²) in [6.07, 6.45) is 1.49. The second kappa shape index (κ2) is 15.4. The number of hydrogen-bond acceptors (Lipinski definition) is 8. The molecule has 9 nitrogen and oxygen atoms in total. The molecule has 1 atom stereocenters. The van der Waals surface area contributed by atoms with Gasteiger partial charge in [0, 0.05) is 38.1 Å². The molecule has 40 heavy (non-hydrogen) atoms. The predicted octanol–water partition coefficient (Wildman–Crippen LogP) is 7.20. The molecular formula is C28H30F2N4O5Si. The van der Waals surface area contributed by atoms with Crippen LogP contribution in [0, 0.1) is 29.2 Å². The van der Waals surface area contributed by atoms with Crippen LogP contribution in [0.15, 0.2) is 69.9 Å². The number of hydrogen-bond donors (Lipinski definition) is 0. The van der Waals surface area contributed by atoms with E-state index in [9.17, 15) is 8.78 Å². The van der Waals surface area contributed by atoms with E-state index in [0.29, 0.717) is 34.3 Å². The number of methoxy groups -OCH3 is 3. The fourth-order valence-corrected chi connectivity index (χ4v) is 2.82. The van der Waals surface area contributed by atoms with Crippen molar-refractivity contribution in [3.63, 3.8) is 0 Å². The average molecular weight is 569 g/mol. The topological polar surface area (TPSA) is 108 Å². The minimum absolute atomic E-state index is 0.299. The van der Waals surface area contributed by atoms with Crippen LogP contribution >= 0.6 is 0 Å². The lowest BCUT2D eigenvalue weighted by atomic mass is 10.2. The van der Waals surface area contributed by atoms with Crippen LogP contribution in [0.25, 0.3) is 27.8 Å². The van der Waals surface area contributed by atoms with Crippen molar-refractivity contribution in [3.8, 4) is 28.6 Å². The van der Waals surface area contributed by atoms with Crippen molar-refractivity contribution in [1.29, 1.82) is 5.26 Å². The number of ether oxygens (including phenoxy) is 3. The lowest BCUT2D eigenvalue weighted by Gasteiger charge is -2.08. The van der Waals surface area contributed by atoms with Crippen LogP contribution in [0.5, 0.6) is 0 Å². The van der Waals surface area contributed by atoms with Crippen LogP contribution in [-0.4, -0.2) is 39.4 Å². The number of oxazole rings is 2. The number of aromatic nitrogens is 2. The van der Waals surface area contributed by atoms with Crippen molar-refractivity contribution in [2.45, 2.75) is 32.2 Å². The highest BCUT2D eigenvalue weighted by Crippen LogP contribution is 2.24. The van der Waals surface area contributed by atoms with Gasteiger partial charge < -0.3 is 23.0 Å². The van der Waals surface area contributed by atoms with Gasteiger partial charge in [0.2, 0.25) is 18.1 Å². The third-order valence-electron chi connectivity index (χ3n) is 4.82. The first-order valence-electron chi connectivity index (χ1n) is 11.8. The summed E-state index contributed by atoms with van der Waals surface area (Å²) in [4.78, 5) is 11.6. The first kappa shape index (κ1) is 32.0. The molecule has 0 saturated heterocycles. The molecule has 0 aliphatic carbocycles. The number of halogens is 2. The van der Waals surface area contributed by atoms with Gasteiger partial charge in [-0.05, 0) is 48.5 Å². The van der Waals surface area contributed by atoms with Crippen LogP contribution in [0.2, 0.25) is 19.6 Å². The molecule has 0 aliphatic rings. The maximum Gasteiger partial charge on any atom is 0.374 e. The molecule has 4 aromatic rings. The fourth-order valence-electron chi connectivity index (χ4n) is 2.82. The van der Waals surface area contributed by atoms with Crippen LogP contribution in [0.3, 0.4) is 0 Å². The average Bonchev–Trinajstić information content (AvgIpc) is 3.63. The molecular weight excluding hydrogens is 538 g/mol. The van der Waals surface area contributed by atoms with Crippen molar-refractivity contribution >= 4 is 8.07 Å². The molecule has 0 spiro atoms. The van der Waals surface area contributed by atoms with Crippen molar-refractivity contribution in [1.82, 2.24) is 9.97 Å². The third kappa shape index (κ3) is 9.84. The van der Waals surface area contributed by atoms with Gasteiger partial charge in [0.15, 0.2) is 13.8 Å². The maximum atomic E-state index is 12.8. The Morgan fingerprint density at radius 1 is 0.800 bits per heavy atom. The van der Waals surface area contributed by atoms with Gasteiger partial charge in [0.1, 0.15) is 29.9 Å². The van der Waals surface area contributed by atoms with Crippen LogP contribution in [0.1, 0.15) is 23.9 Å². The van der Waals surface area contributed by atoms with Crippen molar-refractivity contribution in [2.24, 2.45) is 0 Å². The zero-order chi connectivity index (χ0) is 29.7. The van der Waals surface area contributed by atoms with Gasteiger partial charge in [-0.3, -0.25) is 4.85 Å². The molecule has 2 aromatic carbocycles. The van der Waals surface area contributed by atoms with E-state index in [4.69, 9.17) is 34.9 Å². The van der Waals surface area contributed by atoms with Crippen molar-refractivity contribution in [3.05, 3.63) is 95.5 Å². The Balaban J connectivity index is 0.000000234. The van der Waals surface area contributed by atoms with E-state index in [1.807, 2.05) is 19.6 Å². The van der Waals surface area contributed by atoms with E-state index in [1.54, 1.807) is 24.3 Å². The summed E-state index contributed by atoms with van der Waals surface area (Å²) in [5.41, 5.74) is 4.53. The summed E-state index contributed by atoms with van der Waals surface area (Å²) in [6, 6.07) is 11.7. The molecule has 0 fully saturated rings. The summed E-state index contributed by atoms with van der Waals surface area (Å²) >= 11 is 0. The Bertz CT molecular complexity index is 1400. The SMILES string of the molecule is COC(OC)c1coc(-c2ccc(F)cc2)n1.C[Si](C)(C)C#N.[C-]#[N+]C(OC)c1coc(-c2ccc(F)cc2)n1. The monoisotopic (exact) mass is 568 g/mol. The van der Waals surface area contributed by atoms with E-state index in [-0.39, 0.29) is 11.6 Å². The Morgan fingerprint density at radius 3 is 1.55 bits per heavy atom. The Morgan fingerprint density at radius 2 is 1.20 bits per heavy atom. The molecule has 210 valence electrons. The Hall–Kier alpha value is -4.20. The van der Waals surface area contributed by atoms with Gasteiger partial charge in [-0.15, -0.1) is 0 Å². The first-order chi connectivity index (χ1) is 19.0. The normalized spacial score (nSPS) is 11.4. The first-order valence-corrected chi connectivity index (χ1v) is 15.3. The lowest BCUT2D eigenvalue weighted by molar-refractivity contribution is -0.108. The minimum atomic E-state index is -1.33. The quantitative estimate of drug-likeness (QED) is 0.131. The number of nitrogens with zero attached hydrogens (tertiary/aromatic N) is 4. The van der Waals surface area contributed by atoms with Crippen LogP contribution in [0.4, 0.5) is 8.78 Å². The molecule has 0 aliphatic heterocycles. The van der Waals surface area contributed by atoms with E-state index in [2.05, 4.69) is 20.5 Å². The van der Waals surface area contributed by atoms with E-state index >= 15 is 0 Å². The summed E-state index contributed by atoms with van der Waals surface area (Å²) in [5, 5.41) is 8.21. The highest BCUT2D eigenvalue weighted by molar-refractivity contribution is 6.83. The summed E-state index contributed by atoms with van der Waals surface area (Å²) in [5.74, 6) is 0.119. The van der Waals surface area contributed by atoms with Crippen molar-refractivity contribution in [2.75, 3.05) is 21.3 Å². The summed E-state index contributed by atoms with van der Waals surface area (Å²) in [6.45, 7) is 13.0. The number of benzene rings is 2. The Labute approximate surface area is 232 Å². The molecule has 0 saturated carbocycles. The zero-order valence-corrected chi connectivity index (χ0v) is 24.0. The molecule has 0 radical (unpaired) electrons. The maximum absolute atomic E-state index is 12.8. The smallest absolute Gasteiger partial charge is 0.374 e. The summed E-state index contributed by atoms with van der Waals surface area (Å²) in [7, 11) is 3.13. The van der Waals surface area contributed by atoms with Gasteiger partial charge in [0.25, 0.3) is 0 Å². The predicted molar refractivity (Wildman–Crippen MR) is 146 cm³/mol. The minimum Gasteiger partial charge on any atom is -0.444 e.